The zero-order chi connectivity index (χ0) is 22.5. The van der Waals surface area contributed by atoms with Crippen molar-refractivity contribution < 1.29 is 4.39 Å². The fraction of sp³-hybridized carbons (Fsp3) is 0.111. The van der Waals surface area contributed by atoms with Gasteiger partial charge in [-0.3, -0.25) is 0 Å². The molecule has 162 valence electrons. The third kappa shape index (κ3) is 3.28. The van der Waals surface area contributed by atoms with Crippen LogP contribution in [0.15, 0.2) is 79.0 Å². The lowest BCUT2D eigenvalue weighted by Crippen LogP contribution is -2.14. The minimum Gasteiger partial charge on any atom is -0.340 e. The normalized spacial score (nSPS) is 13.0. The molecular formula is C27H20ClFN4. The number of benzene rings is 3. The van der Waals surface area contributed by atoms with E-state index in [1.807, 2.05) is 47.3 Å². The Morgan fingerprint density at radius 2 is 1.73 bits per heavy atom. The summed E-state index contributed by atoms with van der Waals surface area (Å²) in [4.78, 5) is 6.98. The number of aryl methyl sites for hydroxylation is 1. The second-order valence-electron chi connectivity index (χ2n) is 8.29. The zero-order valence-corrected chi connectivity index (χ0v) is 18.7. The Morgan fingerprint density at radius 3 is 2.48 bits per heavy atom. The van der Waals surface area contributed by atoms with Crippen molar-refractivity contribution in [2.45, 2.75) is 13.3 Å². The summed E-state index contributed by atoms with van der Waals surface area (Å²) >= 11 is 5.95. The highest BCUT2D eigenvalue weighted by atomic mass is 35.5. The van der Waals surface area contributed by atoms with Gasteiger partial charge in [-0.15, -0.1) is 0 Å². The van der Waals surface area contributed by atoms with E-state index in [0.29, 0.717) is 0 Å². The van der Waals surface area contributed by atoms with E-state index in [-0.39, 0.29) is 5.02 Å². The Morgan fingerprint density at radius 1 is 0.939 bits per heavy atom. The van der Waals surface area contributed by atoms with Gasteiger partial charge in [0, 0.05) is 24.0 Å². The number of fused-ring (bicyclic) bond motifs is 3. The van der Waals surface area contributed by atoms with Crippen molar-refractivity contribution in [1.29, 1.82) is 0 Å². The molecule has 3 heterocycles. The first-order valence-corrected chi connectivity index (χ1v) is 11.2. The molecule has 0 N–H and O–H groups in total. The monoisotopic (exact) mass is 454 g/mol. The van der Waals surface area contributed by atoms with Gasteiger partial charge in [-0.25, -0.2) is 14.1 Å². The van der Waals surface area contributed by atoms with E-state index in [1.165, 1.54) is 11.6 Å². The van der Waals surface area contributed by atoms with E-state index in [9.17, 15) is 4.39 Å². The summed E-state index contributed by atoms with van der Waals surface area (Å²) in [6.07, 6.45) is 2.75. The van der Waals surface area contributed by atoms with Crippen LogP contribution in [-0.2, 0) is 6.42 Å². The molecule has 0 spiro atoms. The molecule has 5 aromatic rings. The van der Waals surface area contributed by atoms with Crippen LogP contribution in [0, 0.1) is 12.7 Å². The minimum atomic E-state index is -0.424. The molecule has 0 radical (unpaired) electrons. The first kappa shape index (κ1) is 19.9. The van der Waals surface area contributed by atoms with Crippen molar-refractivity contribution >= 4 is 34.0 Å². The maximum absolute atomic E-state index is 14.3. The lowest BCUT2D eigenvalue weighted by molar-refractivity contribution is 0.628. The molecule has 0 unspecified atom stereocenters. The molecule has 6 heteroatoms. The molecule has 3 aromatic carbocycles. The molecule has 0 saturated carbocycles. The number of halogens is 2. The minimum absolute atomic E-state index is 0.121. The Hall–Kier alpha value is -3.70. The zero-order valence-electron chi connectivity index (χ0n) is 18.0. The van der Waals surface area contributed by atoms with E-state index in [2.05, 4.69) is 36.1 Å². The van der Waals surface area contributed by atoms with Crippen molar-refractivity contribution in [3.05, 3.63) is 101 Å². The Bertz CT molecular complexity index is 1490. The summed E-state index contributed by atoms with van der Waals surface area (Å²) in [5.74, 6) is -0.424. The van der Waals surface area contributed by atoms with Crippen LogP contribution >= 0.6 is 11.6 Å². The molecule has 4 nitrogen and oxygen atoms in total. The quantitative estimate of drug-likeness (QED) is 0.298. The van der Waals surface area contributed by atoms with Crippen LogP contribution in [0.5, 0.6) is 0 Å². The van der Waals surface area contributed by atoms with Gasteiger partial charge in [-0.1, -0.05) is 59.6 Å². The number of anilines is 2. The maximum Gasteiger partial charge on any atom is 0.165 e. The van der Waals surface area contributed by atoms with Gasteiger partial charge in [0.05, 0.1) is 21.8 Å². The molecule has 0 aliphatic carbocycles. The summed E-state index contributed by atoms with van der Waals surface area (Å²) < 4.78 is 16.2. The highest BCUT2D eigenvalue weighted by molar-refractivity contribution is 6.30. The summed E-state index contributed by atoms with van der Waals surface area (Å²) in [5, 5.41) is 6.12. The van der Waals surface area contributed by atoms with E-state index in [0.717, 1.165) is 57.9 Å². The predicted octanol–water partition coefficient (Wildman–Crippen LogP) is 6.88. The van der Waals surface area contributed by atoms with E-state index in [1.54, 1.807) is 6.07 Å². The molecule has 0 saturated heterocycles. The summed E-state index contributed by atoms with van der Waals surface area (Å²) in [6.45, 7) is 2.81. The molecule has 0 amide bonds. The van der Waals surface area contributed by atoms with Gasteiger partial charge in [0.2, 0.25) is 0 Å². The van der Waals surface area contributed by atoms with E-state index in [4.69, 9.17) is 21.7 Å². The number of rotatable bonds is 3. The van der Waals surface area contributed by atoms with Crippen molar-refractivity contribution in [3.63, 3.8) is 0 Å². The maximum atomic E-state index is 14.3. The smallest absolute Gasteiger partial charge is 0.165 e. The molecule has 2 aromatic heterocycles. The number of para-hydroxylation sites is 1. The molecule has 0 bridgehead atoms. The SMILES string of the molecule is Cc1ccc(-c2nn(-c3ccccc3)c3ncc4c(c23)N(c2ccc(Cl)c(F)c2)CC4)cc1. The second-order valence-corrected chi connectivity index (χ2v) is 8.70. The Balaban J connectivity index is 1.65. The first-order valence-electron chi connectivity index (χ1n) is 10.9. The number of hydrogen-bond donors (Lipinski definition) is 0. The summed E-state index contributed by atoms with van der Waals surface area (Å²) in [5.41, 5.74) is 7.70. The lowest BCUT2D eigenvalue weighted by Gasteiger charge is -2.21. The number of hydrogen-bond acceptors (Lipinski definition) is 3. The van der Waals surface area contributed by atoms with Gasteiger partial charge in [0.25, 0.3) is 0 Å². The molecule has 0 atom stereocenters. The van der Waals surface area contributed by atoms with Gasteiger partial charge in [0.1, 0.15) is 11.5 Å². The lowest BCUT2D eigenvalue weighted by atomic mass is 10.0. The average molecular weight is 455 g/mol. The Kier molecular flexibility index (Phi) is 4.66. The number of pyridine rings is 1. The third-order valence-corrected chi connectivity index (χ3v) is 6.47. The predicted molar refractivity (Wildman–Crippen MR) is 131 cm³/mol. The Labute approximate surface area is 195 Å². The number of aromatic nitrogens is 3. The van der Waals surface area contributed by atoms with Crippen LogP contribution in [0.1, 0.15) is 11.1 Å². The second kappa shape index (κ2) is 7.71. The molecule has 1 aliphatic heterocycles. The van der Waals surface area contributed by atoms with Gasteiger partial charge < -0.3 is 4.90 Å². The molecule has 33 heavy (non-hydrogen) atoms. The summed E-state index contributed by atoms with van der Waals surface area (Å²) in [6, 6.07) is 23.3. The van der Waals surface area contributed by atoms with Gasteiger partial charge in [0.15, 0.2) is 5.65 Å². The van der Waals surface area contributed by atoms with E-state index >= 15 is 0 Å². The van der Waals surface area contributed by atoms with Crippen molar-refractivity contribution in [3.8, 4) is 16.9 Å². The van der Waals surface area contributed by atoms with Crippen LogP contribution in [-0.4, -0.2) is 21.3 Å². The van der Waals surface area contributed by atoms with Crippen molar-refractivity contribution in [2.75, 3.05) is 11.4 Å². The highest BCUT2D eigenvalue weighted by Crippen LogP contribution is 2.44. The van der Waals surface area contributed by atoms with Crippen LogP contribution in [0.25, 0.3) is 28.0 Å². The molecule has 0 fully saturated rings. The van der Waals surface area contributed by atoms with Gasteiger partial charge in [-0.2, -0.15) is 5.10 Å². The van der Waals surface area contributed by atoms with Gasteiger partial charge in [-0.05, 0) is 49.2 Å². The standard InChI is InChI=1S/C27H20ClFN4/c1-17-7-9-18(10-8-17)25-24-26-19(13-14-32(26)21-11-12-22(28)23(29)15-21)16-30-27(24)33(31-25)20-5-3-2-4-6-20/h2-12,15-16H,13-14H2,1H3. The molecular weight excluding hydrogens is 435 g/mol. The average Bonchev–Trinajstić information content (AvgIpc) is 3.44. The van der Waals surface area contributed by atoms with Crippen LogP contribution < -0.4 is 4.90 Å². The highest BCUT2D eigenvalue weighted by Gasteiger charge is 2.29. The van der Waals surface area contributed by atoms with Gasteiger partial charge >= 0.3 is 0 Å². The molecule has 1 aliphatic rings. The summed E-state index contributed by atoms with van der Waals surface area (Å²) in [7, 11) is 0. The fourth-order valence-corrected chi connectivity index (χ4v) is 4.63. The number of nitrogens with zero attached hydrogens (tertiary/aromatic N) is 4. The van der Waals surface area contributed by atoms with E-state index < -0.39 is 5.82 Å². The van der Waals surface area contributed by atoms with Crippen molar-refractivity contribution in [2.24, 2.45) is 0 Å². The fourth-order valence-electron chi connectivity index (χ4n) is 4.52. The third-order valence-electron chi connectivity index (χ3n) is 6.16. The topological polar surface area (TPSA) is 34.0 Å². The largest absolute Gasteiger partial charge is 0.340 e. The first-order chi connectivity index (χ1) is 16.1. The van der Waals surface area contributed by atoms with Crippen LogP contribution in [0.3, 0.4) is 0 Å². The van der Waals surface area contributed by atoms with Crippen molar-refractivity contribution in [1.82, 2.24) is 14.8 Å². The molecule has 6 rings (SSSR count). The van der Waals surface area contributed by atoms with Crippen LogP contribution in [0.2, 0.25) is 5.02 Å². The van der Waals surface area contributed by atoms with Crippen LogP contribution in [0.4, 0.5) is 15.8 Å².